The Balaban J connectivity index is 2.44. The Morgan fingerprint density at radius 1 is 1.43 bits per heavy atom. The molecular formula is C12H11NO. The fourth-order valence-electron chi connectivity index (χ4n) is 1.76. The fourth-order valence-corrected chi connectivity index (χ4v) is 1.76. The number of hydrogen-bond acceptors (Lipinski definition) is 2. The van der Waals surface area contributed by atoms with Gasteiger partial charge in [-0.05, 0) is 36.1 Å². The zero-order valence-electron chi connectivity index (χ0n) is 7.84. The topological polar surface area (TPSA) is 29.1 Å². The maximum absolute atomic E-state index is 10.2. The molecule has 2 rings (SSSR count). The minimum atomic E-state index is 0.639. The highest BCUT2D eigenvalue weighted by atomic mass is 16.1. The summed E-state index contributed by atoms with van der Waals surface area (Å²) in [5, 5.41) is 3.31. The maximum atomic E-state index is 10.2. The van der Waals surface area contributed by atoms with Crippen molar-refractivity contribution in [3.05, 3.63) is 34.9 Å². The van der Waals surface area contributed by atoms with Gasteiger partial charge in [-0.3, -0.25) is 4.79 Å². The van der Waals surface area contributed by atoms with Crippen LogP contribution in [0.2, 0.25) is 0 Å². The summed E-state index contributed by atoms with van der Waals surface area (Å²) in [6, 6.07) is 6.06. The van der Waals surface area contributed by atoms with E-state index in [2.05, 4.69) is 23.2 Å². The Hall–Kier alpha value is -1.59. The second-order valence-corrected chi connectivity index (χ2v) is 3.26. The Kier molecular flexibility index (Phi) is 2.62. The molecule has 1 aromatic carbocycles. The SMILES string of the molecule is O=CC#Cc1cccc2c1CCNC2. The van der Waals surface area contributed by atoms with E-state index in [1.165, 1.54) is 11.1 Å². The zero-order valence-corrected chi connectivity index (χ0v) is 7.84. The first-order chi connectivity index (χ1) is 6.92. The second-order valence-electron chi connectivity index (χ2n) is 3.26. The molecule has 2 nitrogen and oxygen atoms in total. The van der Waals surface area contributed by atoms with Crippen molar-refractivity contribution in [3.63, 3.8) is 0 Å². The van der Waals surface area contributed by atoms with Crippen molar-refractivity contribution in [1.82, 2.24) is 5.32 Å². The number of rotatable bonds is 0. The Bertz CT molecular complexity index is 412. The molecular weight excluding hydrogens is 174 g/mol. The number of fused-ring (bicyclic) bond motifs is 1. The normalized spacial score (nSPS) is 13.7. The molecule has 0 fully saturated rings. The van der Waals surface area contributed by atoms with Gasteiger partial charge >= 0.3 is 0 Å². The lowest BCUT2D eigenvalue weighted by molar-refractivity contribution is -0.103. The lowest BCUT2D eigenvalue weighted by atomic mass is 9.96. The van der Waals surface area contributed by atoms with Crippen molar-refractivity contribution in [3.8, 4) is 11.8 Å². The van der Waals surface area contributed by atoms with Crippen LogP contribution in [0, 0.1) is 11.8 Å². The number of benzene rings is 1. The van der Waals surface area contributed by atoms with Gasteiger partial charge in [0, 0.05) is 12.1 Å². The van der Waals surface area contributed by atoms with Crippen molar-refractivity contribution >= 4 is 6.29 Å². The monoisotopic (exact) mass is 185 g/mol. The van der Waals surface area contributed by atoms with E-state index in [-0.39, 0.29) is 0 Å². The Morgan fingerprint density at radius 2 is 2.36 bits per heavy atom. The average Bonchev–Trinajstić information content (AvgIpc) is 2.26. The molecule has 14 heavy (non-hydrogen) atoms. The highest BCUT2D eigenvalue weighted by molar-refractivity contribution is 5.74. The van der Waals surface area contributed by atoms with Crippen molar-refractivity contribution in [1.29, 1.82) is 0 Å². The largest absolute Gasteiger partial charge is 0.312 e. The zero-order chi connectivity index (χ0) is 9.80. The molecule has 0 bridgehead atoms. The van der Waals surface area contributed by atoms with Crippen molar-refractivity contribution < 1.29 is 4.79 Å². The summed E-state index contributed by atoms with van der Waals surface area (Å²) in [7, 11) is 0. The summed E-state index contributed by atoms with van der Waals surface area (Å²) in [5.41, 5.74) is 3.59. The molecule has 0 aromatic heterocycles. The van der Waals surface area contributed by atoms with Crippen LogP contribution in [0.1, 0.15) is 16.7 Å². The molecule has 70 valence electrons. The van der Waals surface area contributed by atoms with Gasteiger partial charge in [-0.25, -0.2) is 0 Å². The lowest BCUT2D eigenvalue weighted by Crippen LogP contribution is -2.24. The van der Waals surface area contributed by atoms with Crippen molar-refractivity contribution in [2.24, 2.45) is 0 Å². The molecule has 0 spiro atoms. The van der Waals surface area contributed by atoms with Crippen LogP contribution in [0.3, 0.4) is 0 Å². The predicted octanol–water partition coefficient (Wildman–Crippen LogP) is 0.883. The van der Waals surface area contributed by atoms with Crippen LogP contribution in [0.15, 0.2) is 18.2 Å². The van der Waals surface area contributed by atoms with E-state index >= 15 is 0 Å². The molecule has 0 atom stereocenters. The summed E-state index contributed by atoms with van der Waals surface area (Å²) >= 11 is 0. The van der Waals surface area contributed by atoms with E-state index in [4.69, 9.17) is 0 Å². The third-order valence-corrected chi connectivity index (χ3v) is 2.41. The van der Waals surface area contributed by atoms with Gasteiger partial charge in [0.25, 0.3) is 0 Å². The van der Waals surface area contributed by atoms with E-state index in [0.717, 1.165) is 25.1 Å². The summed E-state index contributed by atoms with van der Waals surface area (Å²) in [5.74, 6) is 5.34. The molecule has 1 aliphatic heterocycles. The molecule has 1 N–H and O–H groups in total. The van der Waals surface area contributed by atoms with Gasteiger partial charge in [0.15, 0.2) is 6.29 Å². The smallest absolute Gasteiger partial charge is 0.193 e. The molecule has 2 heteroatoms. The third kappa shape index (κ3) is 1.68. The molecule has 1 aromatic rings. The molecule has 0 unspecified atom stereocenters. The molecule has 0 saturated carbocycles. The van der Waals surface area contributed by atoms with Gasteiger partial charge in [0.2, 0.25) is 0 Å². The first-order valence-electron chi connectivity index (χ1n) is 4.68. The highest BCUT2D eigenvalue weighted by Gasteiger charge is 2.10. The second kappa shape index (κ2) is 4.08. The molecule has 0 amide bonds. The van der Waals surface area contributed by atoms with Crippen molar-refractivity contribution in [2.75, 3.05) is 6.54 Å². The Labute approximate surface area is 83.3 Å². The van der Waals surface area contributed by atoms with Gasteiger partial charge in [-0.2, -0.15) is 0 Å². The lowest BCUT2D eigenvalue weighted by Gasteiger charge is -2.17. The Morgan fingerprint density at radius 3 is 3.21 bits per heavy atom. The van der Waals surface area contributed by atoms with E-state index in [9.17, 15) is 4.79 Å². The van der Waals surface area contributed by atoms with Gasteiger partial charge in [0.1, 0.15) is 0 Å². The van der Waals surface area contributed by atoms with Crippen LogP contribution in [0.25, 0.3) is 0 Å². The summed E-state index contributed by atoms with van der Waals surface area (Å²) in [6.07, 6.45) is 1.64. The van der Waals surface area contributed by atoms with Crippen LogP contribution in [0.5, 0.6) is 0 Å². The minimum absolute atomic E-state index is 0.639. The van der Waals surface area contributed by atoms with Crippen LogP contribution in [-0.4, -0.2) is 12.8 Å². The van der Waals surface area contributed by atoms with Crippen LogP contribution in [-0.2, 0) is 17.8 Å². The molecule has 1 heterocycles. The predicted molar refractivity (Wildman–Crippen MR) is 54.8 cm³/mol. The van der Waals surface area contributed by atoms with E-state index < -0.39 is 0 Å². The fraction of sp³-hybridized carbons (Fsp3) is 0.250. The molecule has 0 aliphatic carbocycles. The number of carbonyl (C=O) groups is 1. The van der Waals surface area contributed by atoms with Crippen LogP contribution >= 0.6 is 0 Å². The quantitative estimate of drug-likeness (QED) is 0.480. The average molecular weight is 185 g/mol. The highest BCUT2D eigenvalue weighted by Crippen LogP contribution is 2.17. The number of nitrogens with one attached hydrogen (secondary N) is 1. The first-order valence-corrected chi connectivity index (χ1v) is 4.68. The standard InChI is InChI=1S/C12H11NO/c14-8-2-5-10-3-1-4-11-9-13-7-6-12(10)11/h1,3-4,8,13H,6-7,9H2. The number of aldehydes is 1. The van der Waals surface area contributed by atoms with Crippen molar-refractivity contribution in [2.45, 2.75) is 13.0 Å². The molecule has 1 aliphatic rings. The number of carbonyl (C=O) groups excluding carboxylic acids is 1. The minimum Gasteiger partial charge on any atom is -0.312 e. The van der Waals surface area contributed by atoms with E-state index in [1.54, 1.807) is 0 Å². The maximum Gasteiger partial charge on any atom is 0.193 e. The van der Waals surface area contributed by atoms with Crippen LogP contribution in [0.4, 0.5) is 0 Å². The van der Waals surface area contributed by atoms with Crippen LogP contribution < -0.4 is 5.32 Å². The summed E-state index contributed by atoms with van der Waals surface area (Å²) in [6.45, 7) is 1.90. The van der Waals surface area contributed by atoms with Gasteiger partial charge in [-0.15, -0.1) is 0 Å². The third-order valence-electron chi connectivity index (χ3n) is 2.41. The first kappa shape index (κ1) is 8.98. The number of hydrogen-bond donors (Lipinski definition) is 1. The molecule has 0 radical (unpaired) electrons. The van der Waals surface area contributed by atoms with E-state index in [1.807, 2.05) is 12.1 Å². The van der Waals surface area contributed by atoms with Gasteiger partial charge < -0.3 is 5.32 Å². The van der Waals surface area contributed by atoms with E-state index in [0.29, 0.717) is 6.29 Å². The summed E-state index contributed by atoms with van der Waals surface area (Å²) < 4.78 is 0. The van der Waals surface area contributed by atoms with Gasteiger partial charge in [-0.1, -0.05) is 18.1 Å². The van der Waals surface area contributed by atoms with Gasteiger partial charge in [0.05, 0.1) is 0 Å². The summed E-state index contributed by atoms with van der Waals surface area (Å²) in [4.78, 5) is 10.2. The molecule has 0 saturated heterocycles.